The van der Waals surface area contributed by atoms with E-state index in [2.05, 4.69) is 279 Å². The molecule has 30 rings (SSSR count). The standard InChI is InChI=1S/C54H34O.C48H30O.C42H26O/c1-3-15-35(16-4-1)36-27-29-38(30-28-36)52-46(33-34-50-54(52)48-25-13-14-26-49(48)55-50)41-31-32-47(40-20-8-7-19-39(40)41)53-44-23-11-9-21-42(44)51(37-17-5-2-6-18-37)43-22-10-12-24-45(43)53;1-3-15-31(16-4-1)33-29-30-44-48(42-23-11-12-28-43(42)49-44)47(33)37-27-14-24-34-35(37)25-13-26-36(34)46-40-21-9-7-19-38(40)45(32-17-5-2-6-18-32)39-20-8-10-22-41(39)46;1-2-13-27(14-3-1)40-33-15-4-6-17-35(33)41(36-18-7-5-16-34(36)40)31-23-11-20-28-29(31)21-10-22-30(28)32-24-12-26-39-42(32)37-19-8-9-25-38(37)43-39/h1-34H;1-30H;1-26H/i2*2D,5D,6D,17D,18D;1D,2D,3D,13D,14D. The first-order valence-electron chi connectivity index (χ1n) is 56.8. The van der Waals surface area contributed by atoms with Crippen molar-refractivity contribution < 1.29 is 33.8 Å². The largest absolute Gasteiger partial charge is 0.456 e. The second-order valence-corrected chi connectivity index (χ2v) is 37.1. The maximum Gasteiger partial charge on any atom is 0.136 e. The highest BCUT2D eigenvalue weighted by Crippen LogP contribution is 2.55. The van der Waals surface area contributed by atoms with Gasteiger partial charge in [-0.05, 0) is 262 Å². The van der Waals surface area contributed by atoms with Crippen LogP contribution in [0.1, 0.15) is 20.6 Å². The molecule has 0 radical (unpaired) electrons. The summed E-state index contributed by atoms with van der Waals surface area (Å²) in [5.74, 6) is 0. The van der Waals surface area contributed by atoms with Gasteiger partial charge in [-0.25, -0.2) is 0 Å². The Labute approximate surface area is 870 Å². The molecule has 3 heterocycles. The SMILES string of the molecule is [2H]c1c([2H])c([2H])c(-c2c3ccccc3c(-c3ccc(-c4ccc5oc6ccccc6c5c4-c4ccc(-c5ccccc5)cc4)c4ccccc34)c3ccccc23)c([2H])c1[2H].[2H]c1c([2H])c([2H])c(-c2c3ccccc3c(-c3cccc4c(-c5c(-c6ccccc6)ccc6oc7ccccc7c56)cccc34)c3ccccc23)c([2H])c1[2H].[2H]c1c([2H])c([2H])c(-c2c3ccccc3c(-c3cccc4c(-c5cccc6oc7ccccc7c56)cccc34)c3ccccc23)c([2H])c1[2H]. The van der Waals surface area contributed by atoms with Gasteiger partial charge in [-0.15, -0.1) is 0 Å². The summed E-state index contributed by atoms with van der Waals surface area (Å²) in [7, 11) is 0. The van der Waals surface area contributed by atoms with Crippen LogP contribution in [0.3, 0.4) is 0 Å². The summed E-state index contributed by atoms with van der Waals surface area (Å²) in [5, 5.41) is 23.5. The smallest absolute Gasteiger partial charge is 0.136 e. The molecule has 0 spiro atoms. The molecule has 0 fully saturated rings. The minimum absolute atomic E-state index is 0.201. The molecule has 0 amide bonds. The second kappa shape index (κ2) is 36.0. The fraction of sp³-hybridized carbons (Fsp3) is 0. The van der Waals surface area contributed by atoms with E-state index in [1.807, 2.05) is 176 Å². The Morgan fingerprint density at radius 2 is 0.340 bits per heavy atom. The Morgan fingerprint density at radius 3 is 0.728 bits per heavy atom. The summed E-state index contributed by atoms with van der Waals surface area (Å²) in [5.41, 5.74) is 27.1. The van der Waals surface area contributed by atoms with Crippen molar-refractivity contribution in [2.24, 2.45) is 0 Å². The highest BCUT2D eigenvalue weighted by molar-refractivity contribution is 6.30. The lowest BCUT2D eigenvalue weighted by Gasteiger charge is -2.20. The van der Waals surface area contributed by atoms with Gasteiger partial charge in [0, 0.05) is 43.4 Å². The molecule has 3 aromatic heterocycles. The van der Waals surface area contributed by atoms with Crippen molar-refractivity contribution in [1.82, 2.24) is 0 Å². The molecule has 0 aliphatic heterocycles. The van der Waals surface area contributed by atoms with Crippen molar-refractivity contribution in [2.45, 2.75) is 0 Å². The summed E-state index contributed by atoms with van der Waals surface area (Å²) in [6, 6.07) is 151. The van der Waals surface area contributed by atoms with Crippen molar-refractivity contribution >= 4 is 163 Å². The number of hydrogen-bond acceptors (Lipinski definition) is 3. The Morgan fingerprint density at radius 1 is 0.109 bits per heavy atom. The molecular formula is C144H90O3. The third-order valence-electron chi connectivity index (χ3n) is 29.3. The Balaban J connectivity index is 0.000000115. The van der Waals surface area contributed by atoms with Gasteiger partial charge in [0.15, 0.2) is 0 Å². The molecule has 3 heteroatoms. The fourth-order valence-electron chi connectivity index (χ4n) is 23.2. The van der Waals surface area contributed by atoms with Gasteiger partial charge in [0.25, 0.3) is 0 Å². The molecule has 3 nitrogen and oxygen atoms in total. The van der Waals surface area contributed by atoms with Crippen LogP contribution in [0, 0.1) is 0 Å². The van der Waals surface area contributed by atoms with Crippen LogP contribution in [0.15, 0.2) is 559 Å². The van der Waals surface area contributed by atoms with Crippen LogP contribution in [-0.4, -0.2) is 0 Å². The van der Waals surface area contributed by atoms with Crippen molar-refractivity contribution in [3.8, 4) is 134 Å². The fourth-order valence-corrected chi connectivity index (χ4v) is 23.2. The van der Waals surface area contributed by atoms with Gasteiger partial charge in [0.2, 0.25) is 0 Å². The third-order valence-corrected chi connectivity index (χ3v) is 29.3. The van der Waals surface area contributed by atoms with E-state index in [-0.39, 0.29) is 89.2 Å². The lowest BCUT2D eigenvalue weighted by molar-refractivity contribution is 0.668. The third kappa shape index (κ3) is 14.4. The summed E-state index contributed by atoms with van der Waals surface area (Å²) < 4.78 is 148. The van der Waals surface area contributed by atoms with Gasteiger partial charge in [-0.2, -0.15) is 0 Å². The van der Waals surface area contributed by atoms with E-state index in [4.69, 9.17) is 33.8 Å². The zero-order valence-corrected chi connectivity index (χ0v) is 79.0. The van der Waals surface area contributed by atoms with E-state index in [0.29, 0.717) is 16.7 Å². The van der Waals surface area contributed by atoms with Crippen LogP contribution >= 0.6 is 0 Å². The van der Waals surface area contributed by atoms with Gasteiger partial charge in [-0.1, -0.05) is 503 Å². The molecule has 684 valence electrons. The molecule has 27 aromatic carbocycles. The molecule has 0 saturated carbocycles. The normalized spacial score (nSPS) is 13.1. The molecule has 0 aliphatic rings. The molecule has 0 saturated heterocycles. The summed E-state index contributed by atoms with van der Waals surface area (Å²) in [4.78, 5) is 0. The van der Waals surface area contributed by atoms with Crippen LogP contribution in [0.25, 0.3) is 296 Å². The highest BCUT2D eigenvalue weighted by atomic mass is 16.3. The molecule has 0 aliphatic carbocycles. The topological polar surface area (TPSA) is 39.4 Å². The maximum absolute atomic E-state index is 8.99. The Bertz CT molecular complexity index is 11300. The number of fused-ring (bicyclic) bond motifs is 18. The zero-order valence-electron chi connectivity index (χ0n) is 94.0. The number of rotatable bonds is 12. The average Bonchev–Trinajstić information content (AvgIpc) is 0.956. The van der Waals surface area contributed by atoms with Crippen LogP contribution in [-0.2, 0) is 0 Å². The second-order valence-electron chi connectivity index (χ2n) is 37.1. The Hall–Kier alpha value is -19.3. The van der Waals surface area contributed by atoms with E-state index in [9.17, 15) is 0 Å². The van der Waals surface area contributed by atoms with Gasteiger partial charge in [-0.3, -0.25) is 0 Å². The predicted molar refractivity (Wildman–Crippen MR) is 624 cm³/mol. The monoisotopic (exact) mass is 1880 g/mol. The van der Waals surface area contributed by atoms with Crippen molar-refractivity contribution in [3.63, 3.8) is 0 Å². The minimum Gasteiger partial charge on any atom is -0.456 e. The molecule has 0 unspecified atom stereocenters. The first-order chi connectivity index (χ1) is 79.2. The van der Waals surface area contributed by atoms with E-state index in [1.54, 1.807) is 0 Å². The number of benzene rings is 27. The number of hydrogen-bond donors (Lipinski definition) is 0. The van der Waals surface area contributed by atoms with E-state index in [1.165, 1.54) is 5.56 Å². The van der Waals surface area contributed by atoms with Crippen molar-refractivity contribution in [3.05, 3.63) is 546 Å². The minimum atomic E-state index is -0.405. The van der Waals surface area contributed by atoms with E-state index in [0.717, 1.165) is 257 Å². The molecule has 0 atom stereocenters. The summed E-state index contributed by atoms with van der Waals surface area (Å²) in [6.45, 7) is 0. The highest BCUT2D eigenvalue weighted by Gasteiger charge is 2.28. The number of para-hydroxylation sites is 3. The first-order valence-corrected chi connectivity index (χ1v) is 49.3. The van der Waals surface area contributed by atoms with Crippen molar-refractivity contribution in [1.29, 1.82) is 0 Å². The molecule has 0 bridgehead atoms. The van der Waals surface area contributed by atoms with Crippen LogP contribution < -0.4 is 0 Å². The van der Waals surface area contributed by atoms with Crippen molar-refractivity contribution in [2.75, 3.05) is 0 Å². The lowest BCUT2D eigenvalue weighted by atomic mass is 9.83. The zero-order chi connectivity index (χ0) is 110. The maximum atomic E-state index is 8.99. The van der Waals surface area contributed by atoms with E-state index >= 15 is 0 Å². The summed E-state index contributed by atoms with van der Waals surface area (Å²) in [6.07, 6.45) is 0. The first kappa shape index (κ1) is 71.2. The van der Waals surface area contributed by atoms with Crippen LogP contribution in [0.4, 0.5) is 0 Å². The van der Waals surface area contributed by atoms with Crippen LogP contribution in [0.2, 0.25) is 0 Å². The lowest BCUT2D eigenvalue weighted by Crippen LogP contribution is -1.93. The van der Waals surface area contributed by atoms with Gasteiger partial charge in [0.1, 0.15) is 33.5 Å². The predicted octanol–water partition coefficient (Wildman–Crippen LogP) is 41.1. The Kier molecular flexibility index (Phi) is 17.4. The molecule has 147 heavy (non-hydrogen) atoms. The van der Waals surface area contributed by atoms with Gasteiger partial charge in [0.05, 0.1) is 20.6 Å². The van der Waals surface area contributed by atoms with Gasteiger partial charge < -0.3 is 13.3 Å². The molecular weight excluding hydrogens is 1780 g/mol. The van der Waals surface area contributed by atoms with E-state index < -0.39 is 18.1 Å². The number of furan rings is 3. The van der Waals surface area contributed by atoms with Gasteiger partial charge >= 0.3 is 0 Å². The molecule has 30 aromatic rings. The summed E-state index contributed by atoms with van der Waals surface area (Å²) >= 11 is 0. The molecule has 0 N–H and O–H groups in total. The average molecular weight is 1880 g/mol. The quantitative estimate of drug-likeness (QED) is 0.114. The van der Waals surface area contributed by atoms with Crippen LogP contribution in [0.5, 0.6) is 0 Å².